The molecule has 0 bridgehead atoms. The van der Waals surface area contributed by atoms with Gasteiger partial charge in [0.15, 0.2) is 11.6 Å². The van der Waals surface area contributed by atoms with Gasteiger partial charge in [-0.2, -0.15) is 0 Å². The smallest absolute Gasteiger partial charge is 0.170 e. The summed E-state index contributed by atoms with van der Waals surface area (Å²) < 4.78 is 19.7. The lowest BCUT2D eigenvalue weighted by Crippen LogP contribution is -2.33. The lowest BCUT2D eigenvalue weighted by Gasteiger charge is -2.25. The summed E-state index contributed by atoms with van der Waals surface area (Å²) in [5, 5.41) is 0. The van der Waals surface area contributed by atoms with Crippen LogP contribution in [0.3, 0.4) is 0 Å². The maximum Gasteiger partial charge on any atom is 0.170 e. The van der Waals surface area contributed by atoms with Crippen LogP contribution in [0.15, 0.2) is 12.3 Å². The molecule has 0 saturated carbocycles. The molecule has 1 aliphatic heterocycles. The summed E-state index contributed by atoms with van der Waals surface area (Å²) >= 11 is 0. The second-order valence-electron chi connectivity index (χ2n) is 4.49. The predicted octanol–water partition coefficient (Wildman–Crippen LogP) is 1.68. The number of nitrogens with zero attached hydrogens (tertiary/aromatic N) is 2. The van der Waals surface area contributed by atoms with Crippen LogP contribution in [-0.4, -0.2) is 30.8 Å². The third-order valence-electron chi connectivity index (χ3n) is 3.30. The van der Waals surface area contributed by atoms with Gasteiger partial charge in [0.2, 0.25) is 0 Å². The Labute approximate surface area is 107 Å². The highest BCUT2D eigenvalue weighted by Crippen LogP contribution is 2.21. The Kier molecular flexibility index (Phi) is 4.49. The van der Waals surface area contributed by atoms with Crippen LogP contribution in [0.2, 0.25) is 0 Å². The number of halogens is 1. The summed E-state index contributed by atoms with van der Waals surface area (Å²) in [5.41, 5.74) is 6.02. The Morgan fingerprint density at radius 1 is 1.61 bits per heavy atom. The summed E-state index contributed by atoms with van der Waals surface area (Å²) in [6.07, 6.45) is 3.92. The summed E-state index contributed by atoms with van der Waals surface area (Å²) in [6, 6.07) is 1.62. The number of pyridine rings is 1. The van der Waals surface area contributed by atoms with Gasteiger partial charge in [0.1, 0.15) is 0 Å². The van der Waals surface area contributed by atoms with E-state index < -0.39 is 0 Å². The topological polar surface area (TPSA) is 51.4 Å². The zero-order valence-electron chi connectivity index (χ0n) is 10.7. The number of ether oxygens (including phenoxy) is 1. The first kappa shape index (κ1) is 13.2. The molecule has 0 spiro atoms. The molecule has 2 rings (SSSR count). The largest absolute Gasteiger partial charge is 0.376 e. The van der Waals surface area contributed by atoms with E-state index in [-0.39, 0.29) is 18.5 Å². The van der Waals surface area contributed by atoms with Crippen LogP contribution < -0.4 is 10.6 Å². The number of nitrogens with two attached hydrogens (primary N) is 1. The first-order chi connectivity index (χ1) is 8.76. The van der Waals surface area contributed by atoms with Gasteiger partial charge in [-0.05, 0) is 25.8 Å². The molecule has 0 radical (unpaired) electrons. The van der Waals surface area contributed by atoms with E-state index in [0.29, 0.717) is 24.5 Å². The molecule has 1 aromatic rings. The third-order valence-corrected chi connectivity index (χ3v) is 3.30. The normalized spacial score (nSPS) is 19.2. The van der Waals surface area contributed by atoms with Crippen LogP contribution in [0.1, 0.15) is 25.3 Å². The highest BCUT2D eigenvalue weighted by Gasteiger charge is 2.21. The molecule has 5 heteroatoms. The number of aromatic nitrogens is 1. The number of likely N-dealkylation sites (N-methyl/N-ethyl adjacent to an activating group) is 1. The molecule has 0 amide bonds. The number of hydrogen-bond acceptors (Lipinski definition) is 4. The van der Waals surface area contributed by atoms with Crippen molar-refractivity contribution in [2.24, 2.45) is 5.73 Å². The van der Waals surface area contributed by atoms with Gasteiger partial charge < -0.3 is 15.4 Å². The maximum absolute atomic E-state index is 14.2. The summed E-state index contributed by atoms with van der Waals surface area (Å²) in [5.74, 6) is 0.0794. The Balaban J connectivity index is 2.15. The summed E-state index contributed by atoms with van der Waals surface area (Å²) in [7, 11) is 0. The lowest BCUT2D eigenvalue weighted by atomic mass is 10.2. The Morgan fingerprint density at radius 3 is 3.06 bits per heavy atom. The van der Waals surface area contributed by atoms with Gasteiger partial charge in [-0.1, -0.05) is 0 Å². The molecule has 1 fully saturated rings. The minimum Gasteiger partial charge on any atom is -0.376 e. The van der Waals surface area contributed by atoms with Crippen LogP contribution in [0.25, 0.3) is 0 Å². The van der Waals surface area contributed by atoms with Gasteiger partial charge >= 0.3 is 0 Å². The SMILES string of the molecule is CCN(CC1CCCO1)c1nccc(CN)c1F. The zero-order valence-corrected chi connectivity index (χ0v) is 10.7. The molecule has 0 aliphatic carbocycles. The molecule has 0 aromatic carbocycles. The third kappa shape index (κ3) is 2.79. The van der Waals surface area contributed by atoms with Crippen molar-refractivity contribution in [3.8, 4) is 0 Å². The monoisotopic (exact) mass is 253 g/mol. The van der Waals surface area contributed by atoms with E-state index in [4.69, 9.17) is 10.5 Å². The Hall–Kier alpha value is -1.20. The summed E-state index contributed by atoms with van der Waals surface area (Å²) in [6.45, 7) is 4.39. The fraction of sp³-hybridized carbons (Fsp3) is 0.615. The average molecular weight is 253 g/mol. The van der Waals surface area contributed by atoms with Crippen molar-refractivity contribution in [2.45, 2.75) is 32.4 Å². The van der Waals surface area contributed by atoms with Crippen LogP contribution >= 0.6 is 0 Å². The molecule has 1 aliphatic rings. The predicted molar refractivity (Wildman–Crippen MR) is 68.9 cm³/mol. The fourth-order valence-corrected chi connectivity index (χ4v) is 2.25. The molecular weight excluding hydrogens is 233 g/mol. The van der Waals surface area contributed by atoms with Crippen LogP contribution in [0.4, 0.5) is 10.2 Å². The van der Waals surface area contributed by atoms with Crippen molar-refractivity contribution in [2.75, 3.05) is 24.6 Å². The molecule has 1 aromatic heterocycles. The lowest BCUT2D eigenvalue weighted by molar-refractivity contribution is 0.115. The second kappa shape index (κ2) is 6.11. The minimum atomic E-state index is -0.306. The molecule has 100 valence electrons. The van der Waals surface area contributed by atoms with E-state index in [0.717, 1.165) is 19.4 Å². The average Bonchev–Trinajstić information content (AvgIpc) is 2.89. The van der Waals surface area contributed by atoms with Gasteiger partial charge in [-0.3, -0.25) is 0 Å². The van der Waals surface area contributed by atoms with Gasteiger partial charge in [0.05, 0.1) is 6.10 Å². The number of rotatable bonds is 5. The van der Waals surface area contributed by atoms with Gasteiger partial charge in [-0.15, -0.1) is 0 Å². The van der Waals surface area contributed by atoms with E-state index in [1.165, 1.54) is 0 Å². The van der Waals surface area contributed by atoms with Gasteiger partial charge in [-0.25, -0.2) is 9.37 Å². The van der Waals surface area contributed by atoms with Crippen molar-refractivity contribution in [3.63, 3.8) is 0 Å². The van der Waals surface area contributed by atoms with E-state index in [1.54, 1.807) is 12.3 Å². The van der Waals surface area contributed by atoms with Crippen LogP contribution in [-0.2, 0) is 11.3 Å². The van der Waals surface area contributed by atoms with Crippen molar-refractivity contribution in [1.82, 2.24) is 4.98 Å². The van der Waals surface area contributed by atoms with E-state index in [2.05, 4.69) is 4.98 Å². The van der Waals surface area contributed by atoms with Crippen molar-refractivity contribution < 1.29 is 9.13 Å². The minimum absolute atomic E-state index is 0.188. The second-order valence-corrected chi connectivity index (χ2v) is 4.49. The fourth-order valence-electron chi connectivity index (χ4n) is 2.25. The molecule has 18 heavy (non-hydrogen) atoms. The maximum atomic E-state index is 14.2. The Morgan fingerprint density at radius 2 is 2.44 bits per heavy atom. The first-order valence-electron chi connectivity index (χ1n) is 6.46. The number of hydrogen-bond donors (Lipinski definition) is 1. The molecule has 1 unspecified atom stereocenters. The van der Waals surface area contributed by atoms with Crippen LogP contribution in [0.5, 0.6) is 0 Å². The van der Waals surface area contributed by atoms with Gasteiger partial charge in [0.25, 0.3) is 0 Å². The highest BCUT2D eigenvalue weighted by atomic mass is 19.1. The highest BCUT2D eigenvalue weighted by molar-refractivity contribution is 5.43. The van der Waals surface area contributed by atoms with E-state index in [1.807, 2.05) is 11.8 Å². The summed E-state index contributed by atoms with van der Waals surface area (Å²) in [4.78, 5) is 6.06. The molecular formula is C13H20FN3O. The molecule has 2 N–H and O–H groups in total. The van der Waals surface area contributed by atoms with E-state index >= 15 is 0 Å². The van der Waals surface area contributed by atoms with Crippen LogP contribution in [0, 0.1) is 5.82 Å². The molecule has 2 heterocycles. The molecule has 1 atom stereocenters. The molecule has 4 nitrogen and oxygen atoms in total. The van der Waals surface area contributed by atoms with Crippen molar-refractivity contribution in [3.05, 3.63) is 23.6 Å². The first-order valence-corrected chi connectivity index (χ1v) is 6.46. The zero-order chi connectivity index (χ0) is 13.0. The number of anilines is 1. The molecule has 1 saturated heterocycles. The quantitative estimate of drug-likeness (QED) is 0.867. The van der Waals surface area contributed by atoms with E-state index in [9.17, 15) is 4.39 Å². The van der Waals surface area contributed by atoms with Gasteiger partial charge in [0, 0.05) is 38.0 Å². The van der Waals surface area contributed by atoms with Crippen molar-refractivity contribution >= 4 is 5.82 Å². The Bertz CT molecular complexity index is 394. The standard InChI is InChI=1S/C13H20FN3O/c1-2-17(9-11-4-3-7-18-11)13-12(14)10(8-15)5-6-16-13/h5-6,11H,2-4,7-9,15H2,1H3. The van der Waals surface area contributed by atoms with Crippen molar-refractivity contribution in [1.29, 1.82) is 0 Å².